The van der Waals surface area contributed by atoms with Crippen LogP contribution in [0.4, 0.5) is 11.4 Å². The first-order valence-electron chi connectivity index (χ1n) is 7.53. The summed E-state index contributed by atoms with van der Waals surface area (Å²) in [6.07, 6.45) is 0.893. The average molecular weight is 360 g/mol. The molecule has 2 aromatic carbocycles. The number of methoxy groups -OCH3 is 1. The molecule has 7 nitrogen and oxygen atoms in total. The van der Waals surface area contributed by atoms with Crippen molar-refractivity contribution in [2.24, 2.45) is 0 Å². The van der Waals surface area contributed by atoms with Crippen molar-refractivity contribution in [2.45, 2.75) is 17.7 Å². The highest BCUT2D eigenvalue weighted by Crippen LogP contribution is 2.27. The zero-order valence-corrected chi connectivity index (χ0v) is 14.2. The van der Waals surface area contributed by atoms with Gasteiger partial charge in [-0.2, -0.15) is 0 Å². The minimum absolute atomic E-state index is 0.0391. The molecule has 1 heterocycles. The molecule has 2 aromatic rings. The van der Waals surface area contributed by atoms with E-state index in [1.807, 2.05) is 0 Å². The van der Waals surface area contributed by atoms with Crippen LogP contribution in [0.15, 0.2) is 47.4 Å². The van der Waals surface area contributed by atoms with E-state index >= 15 is 0 Å². The van der Waals surface area contributed by atoms with Crippen molar-refractivity contribution in [3.63, 3.8) is 0 Å². The van der Waals surface area contributed by atoms with E-state index in [4.69, 9.17) is 0 Å². The molecule has 0 saturated carbocycles. The molecular weight excluding hydrogens is 344 g/mol. The highest BCUT2D eigenvalue weighted by molar-refractivity contribution is 7.92. The molecule has 0 bridgehead atoms. The van der Waals surface area contributed by atoms with Crippen molar-refractivity contribution in [3.05, 3.63) is 53.6 Å². The number of sulfonamides is 1. The maximum atomic E-state index is 12.7. The van der Waals surface area contributed by atoms with Crippen LogP contribution in [-0.4, -0.2) is 27.4 Å². The Hall–Kier alpha value is -2.87. The van der Waals surface area contributed by atoms with Crippen LogP contribution >= 0.6 is 0 Å². The molecule has 0 atom stereocenters. The van der Waals surface area contributed by atoms with Crippen molar-refractivity contribution < 1.29 is 22.7 Å². The van der Waals surface area contributed by atoms with E-state index in [-0.39, 0.29) is 16.4 Å². The molecular formula is C17H16N2O5S. The number of amides is 1. The molecule has 0 aromatic heterocycles. The van der Waals surface area contributed by atoms with Gasteiger partial charge in [0.25, 0.3) is 10.0 Å². The SMILES string of the molecule is COC(=O)c1ccccc1S(=O)(=O)Nc1ccc2c(c1)CCC(=O)N2. The van der Waals surface area contributed by atoms with Gasteiger partial charge in [-0.15, -0.1) is 0 Å². The van der Waals surface area contributed by atoms with Crippen LogP contribution in [0.5, 0.6) is 0 Å². The molecule has 2 N–H and O–H groups in total. The minimum Gasteiger partial charge on any atom is -0.465 e. The van der Waals surface area contributed by atoms with Crippen molar-refractivity contribution >= 4 is 33.3 Å². The van der Waals surface area contributed by atoms with Crippen molar-refractivity contribution in [1.29, 1.82) is 0 Å². The molecule has 1 amide bonds. The molecule has 0 saturated heterocycles. The second-order valence-electron chi connectivity index (χ2n) is 5.51. The number of anilines is 2. The van der Waals surface area contributed by atoms with Gasteiger partial charge in [-0.05, 0) is 42.3 Å². The normalized spacial score (nSPS) is 13.6. The maximum Gasteiger partial charge on any atom is 0.339 e. The largest absolute Gasteiger partial charge is 0.465 e. The molecule has 25 heavy (non-hydrogen) atoms. The van der Waals surface area contributed by atoms with Crippen LogP contribution < -0.4 is 10.0 Å². The Bertz CT molecular complexity index is 953. The number of benzene rings is 2. The Labute approximate surface area is 145 Å². The van der Waals surface area contributed by atoms with E-state index in [9.17, 15) is 18.0 Å². The molecule has 8 heteroatoms. The lowest BCUT2D eigenvalue weighted by Crippen LogP contribution is -2.20. The number of carbonyl (C=O) groups is 2. The fourth-order valence-corrected chi connectivity index (χ4v) is 3.88. The summed E-state index contributed by atoms with van der Waals surface area (Å²) in [5.41, 5.74) is 1.84. The number of fused-ring (bicyclic) bond motifs is 1. The summed E-state index contributed by atoms with van der Waals surface area (Å²) in [5.74, 6) is -0.790. The Kier molecular flexibility index (Phi) is 4.45. The summed E-state index contributed by atoms with van der Waals surface area (Å²) < 4.78 is 32.5. The van der Waals surface area contributed by atoms with Crippen LogP contribution in [-0.2, 0) is 26.0 Å². The average Bonchev–Trinajstić information content (AvgIpc) is 2.61. The van der Waals surface area contributed by atoms with Gasteiger partial charge in [0.2, 0.25) is 5.91 Å². The number of nitrogens with one attached hydrogen (secondary N) is 2. The molecule has 0 unspecified atom stereocenters. The summed E-state index contributed by atoms with van der Waals surface area (Å²) in [7, 11) is -2.78. The number of aryl methyl sites for hydroxylation is 1. The first kappa shape index (κ1) is 17.0. The third-order valence-corrected chi connectivity index (χ3v) is 5.27. The van der Waals surface area contributed by atoms with Gasteiger partial charge in [0.1, 0.15) is 4.90 Å². The van der Waals surface area contributed by atoms with E-state index in [1.165, 1.54) is 25.3 Å². The number of hydrogen-bond donors (Lipinski definition) is 2. The monoisotopic (exact) mass is 360 g/mol. The highest BCUT2D eigenvalue weighted by Gasteiger charge is 2.23. The standard InChI is InChI=1S/C17H16N2O5S/c1-24-17(21)13-4-2-3-5-15(13)25(22,23)19-12-7-8-14-11(10-12)6-9-16(20)18-14/h2-5,7-8,10,19H,6,9H2,1H3,(H,18,20). The summed E-state index contributed by atoms with van der Waals surface area (Å²) >= 11 is 0. The topological polar surface area (TPSA) is 102 Å². The fraction of sp³-hybridized carbons (Fsp3) is 0.176. The van der Waals surface area contributed by atoms with Crippen LogP contribution in [0.2, 0.25) is 0 Å². The lowest BCUT2D eigenvalue weighted by Gasteiger charge is -2.18. The molecule has 3 rings (SSSR count). The number of ether oxygens (including phenoxy) is 1. The molecule has 1 aliphatic heterocycles. The Balaban J connectivity index is 1.93. The van der Waals surface area contributed by atoms with Crippen molar-refractivity contribution in [1.82, 2.24) is 0 Å². The first-order valence-corrected chi connectivity index (χ1v) is 9.02. The smallest absolute Gasteiger partial charge is 0.339 e. The van der Waals surface area contributed by atoms with E-state index in [0.717, 1.165) is 5.56 Å². The number of esters is 1. The van der Waals surface area contributed by atoms with Gasteiger partial charge in [-0.25, -0.2) is 13.2 Å². The number of hydrogen-bond acceptors (Lipinski definition) is 5. The van der Waals surface area contributed by atoms with Crippen LogP contribution in [0.3, 0.4) is 0 Å². The van der Waals surface area contributed by atoms with E-state index in [2.05, 4.69) is 14.8 Å². The lowest BCUT2D eigenvalue weighted by molar-refractivity contribution is -0.116. The summed E-state index contributed by atoms with van der Waals surface area (Å²) in [6, 6.07) is 10.7. The zero-order chi connectivity index (χ0) is 18.0. The summed E-state index contributed by atoms with van der Waals surface area (Å²) in [5, 5.41) is 2.74. The predicted octanol–water partition coefficient (Wildman–Crippen LogP) is 2.16. The molecule has 1 aliphatic rings. The third kappa shape index (κ3) is 3.48. The Morgan fingerprint density at radius 1 is 1.16 bits per heavy atom. The first-order chi connectivity index (χ1) is 11.9. The Morgan fingerprint density at radius 3 is 2.68 bits per heavy atom. The number of rotatable bonds is 4. The van der Waals surface area contributed by atoms with Crippen LogP contribution in [0.1, 0.15) is 22.3 Å². The molecule has 0 spiro atoms. The molecule has 130 valence electrons. The summed E-state index contributed by atoms with van der Waals surface area (Å²) in [4.78, 5) is 23.0. The highest BCUT2D eigenvalue weighted by atomic mass is 32.2. The zero-order valence-electron chi connectivity index (χ0n) is 13.4. The lowest BCUT2D eigenvalue weighted by atomic mass is 10.0. The van der Waals surface area contributed by atoms with Gasteiger partial charge in [-0.1, -0.05) is 12.1 Å². The Morgan fingerprint density at radius 2 is 1.92 bits per heavy atom. The van der Waals surface area contributed by atoms with Gasteiger partial charge >= 0.3 is 5.97 Å². The van der Waals surface area contributed by atoms with Gasteiger partial charge in [-0.3, -0.25) is 9.52 Å². The van der Waals surface area contributed by atoms with E-state index < -0.39 is 16.0 Å². The maximum absolute atomic E-state index is 12.7. The minimum atomic E-state index is -3.97. The third-order valence-electron chi connectivity index (χ3n) is 3.83. The fourth-order valence-electron chi connectivity index (χ4n) is 2.64. The van der Waals surface area contributed by atoms with Crippen molar-refractivity contribution in [2.75, 3.05) is 17.1 Å². The van der Waals surface area contributed by atoms with Crippen molar-refractivity contribution in [3.8, 4) is 0 Å². The van der Waals surface area contributed by atoms with Gasteiger partial charge in [0, 0.05) is 17.8 Å². The second kappa shape index (κ2) is 6.56. The molecule has 0 aliphatic carbocycles. The molecule has 0 fully saturated rings. The van der Waals surface area contributed by atoms with Gasteiger partial charge in [0.15, 0.2) is 0 Å². The van der Waals surface area contributed by atoms with Gasteiger partial charge in [0.05, 0.1) is 12.7 Å². The predicted molar refractivity (Wildman–Crippen MR) is 92.0 cm³/mol. The second-order valence-corrected chi connectivity index (χ2v) is 7.16. The van der Waals surface area contributed by atoms with Crippen LogP contribution in [0, 0.1) is 0 Å². The summed E-state index contributed by atoms with van der Waals surface area (Å²) in [6.45, 7) is 0. The quantitative estimate of drug-likeness (QED) is 0.814. The van der Waals surface area contributed by atoms with Crippen LogP contribution in [0.25, 0.3) is 0 Å². The molecule has 0 radical (unpaired) electrons. The van der Waals surface area contributed by atoms with E-state index in [0.29, 0.717) is 24.2 Å². The van der Waals surface area contributed by atoms with E-state index in [1.54, 1.807) is 24.3 Å². The van der Waals surface area contributed by atoms with Gasteiger partial charge < -0.3 is 10.1 Å². The number of carbonyl (C=O) groups excluding carboxylic acids is 2.